The maximum atomic E-state index is 13.2. The van der Waals surface area contributed by atoms with E-state index in [0.717, 1.165) is 6.92 Å². The molecule has 0 aliphatic rings. The zero-order valence-electron chi connectivity index (χ0n) is 12.6. The van der Waals surface area contributed by atoms with Crippen LogP contribution in [0, 0.1) is 6.92 Å². The van der Waals surface area contributed by atoms with Crippen molar-refractivity contribution in [3.05, 3.63) is 23.3 Å². The fraction of sp³-hybridized carbons (Fsp3) is 0.417. The highest BCUT2D eigenvalue weighted by Crippen LogP contribution is 2.30. The molecule has 1 aromatic carbocycles. The second-order valence-corrected chi connectivity index (χ2v) is 7.81. The lowest BCUT2D eigenvalue weighted by molar-refractivity contribution is 0.00680. The third-order valence-corrected chi connectivity index (χ3v) is 3.60. The second kappa shape index (κ2) is 6.04. The SMILES string of the molecule is Cc1c(OS(=O)(=O)F)cc(S(=O)(=O)F)cc1C(=O)OC(C)(C)C. The number of benzene rings is 1. The molecule has 0 saturated heterocycles. The number of ether oxygens (including phenoxy) is 1. The lowest BCUT2D eigenvalue weighted by Crippen LogP contribution is -2.24. The molecule has 0 bridgehead atoms. The van der Waals surface area contributed by atoms with Crippen LogP contribution in [-0.4, -0.2) is 28.4 Å². The Hall–Kier alpha value is -1.75. The first kappa shape index (κ1) is 19.3. The fourth-order valence-corrected chi connectivity index (χ4v) is 2.44. The van der Waals surface area contributed by atoms with E-state index >= 15 is 0 Å². The molecule has 0 aliphatic heterocycles. The van der Waals surface area contributed by atoms with Crippen molar-refractivity contribution in [2.45, 2.75) is 38.2 Å². The van der Waals surface area contributed by atoms with Gasteiger partial charge in [0, 0.05) is 11.6 Å². The van der Waals surface area contributed by atoms with Crippen LogP contribution in [-0.2, 0) is 25.5 Å². The van der Waals surface area contributed by atoms with Crippen molar-refractivity contribution in [1.82, 2.24) is 0 Å². The van der Waals surface area contributed by atoms with Crippen molar-refractivity contribution in [3.8, 4) is 5.75 Å². The zero-order valence-corrected chi connectivity index (χ0v) is 14.2. The van der Waals surface area contributed by atoms with Gasteiger partial charge < -0.3 is 8.92 Å². The summed E-state index contributed by atoms with van der Waals surface area (Å²) in [7, 11) is -10.8. The van der Waals surface area contributed by atoms with Crippen LogP contribution in [0.3, 0.4) is 0 Å². The molecule has 0 N–H and O–H groups in total. The third-order valence-electron chi connectivity index (χ3n) is 2.42. The van der Waals surface area contributed by atoms with Gasteiger partial charge in [0.1, 0.15) is 16.2 Å². The van der Waals surface area contributed by atoms with E-state index in [1.165, 1.54) is 20.8 Å². The van der Waals surface area contributed by atoms with Gasteiger partial charge in [-0.15, -0.1) is 3.89 Å². The van der Waals surface area contributed by atoms with Gasteiger partial charge in [0.15, 0.2) is 0 Å². The number of hydrogen-bond donors (Lipinski definition) is 0. The fourth-order valence-electron chi connectivity index (χ4n) is 1.54. The minimum Gasteiger partial charge on any atom is -0.456 e. The van der Waals surface area contributed by atoms with Crippen molar-refractivity contribution < 1.29 is 38.3 Å². The third kappa shape index (κ3) is 5.75. The van der Waals surface area contributed by atoms with Gasteiger partial charge in [0.25, 0.3) is 0 Å². The first-order chi connectivity index (χ1) is 10.1. The summed E-state index contributed by atoms with van der Waals surface area (Å²) in [5, 5.41) is 0. The van der Waals surface area contributed by atoms with E-state index in [4.69, 9.17) is 4.74 Å². The van der Waals surface area contributed by atoms with Crippen molar-refractivity contribution in [3.63, 3.8) is 0 Å². The lowest BCUT2D eigenvalue weighted by Gasteiger charge is -2.20. The average Bonchev–Trinajstić information content (AvgIpc) is 2.25. The van der Waals surface area contributed by atoms with Gasteiger partial charge in [-0.05, 0) is 33.8 Å². The largest absolute Gasteiger partial charge is 0.488 e. The lowest BCUT2D eigenvalue weighted by atomic mass is 10.1. The normalized spacial score (nSPS) is 12.8. The molecule has 0 saturated carbocycles. The van der Waals surface area contributed by atoms with Crippen LogP contribution in [0.2, 0.25) is 0 Å². The van der Waals surface area contributed by atoms with Gasteiger partial charge in [-0.2, -0.15) is 16.8 Å². The molecule has 130 valence electrons. The van der Waals surface area contributed by atoms with Crippen LogP contribution in [0.5, 0.6) is 5.75 Å². The summed E-state index contributed by atoms with van der Waals surface area (Å²) < 4.78 is 78.0. The summed E-state index contributed by atoms with van der Waals surface area (Å²) >= 11 is 0. The number of hydrogen-bond acceptors (Lipinski definition) is 7. The molecule has 0 atom stereocenters. The molecule has 1 aromatic rings. The molecule has 1 rings (SSSR count). The Morgan fingerprint density at radius 1 is 1.09 bits per heavy atom. The van der Waals surface area contributed by atoms with E-state index in [9.17, 15) is 29.4 Å². The molecule has 0 radical (unpaired) electrons. The number of rotatable bonds is 4. The molecule has 0 aromatic heterocycles. The highest BCUT2D eigenvalue weighted by Gasteiger charge is 2.26. The molecule has 0 aliphatic carbocycles. The van der Waals surface area contributed by atoms with Crippen molar-refractivity contribution in [1.29, 1.82) is 0 Å². The van der Waals surface area contributed by atoms with Gasteiger partial charge in [-0.25, -0.2) is 4.79 Å². The van der Waals surface area contributed by atoms with Crippen LogP contribution in [0.1, 0.15) is 36.7 Å². The quantitative estimate of drug-likeness (QED) is 0.589. The predicted octanol–water partition coefficient (Wildman–Crippen LogP) is 2.20. The Morgan fingerprint density at radius 2 is 1.61 bits per heavy atom. The minimum atomic E-state index is -5.51. The Labute approximate surface area is 132 Å². The van der Waals surface area contributed by atoms with Gasteiger partial charge in [0.2, 0.25) is 0 Å². The van der Waals surface area contributed by atoms with Crippen LogP contribution < -0.4 is 4.18 Å². The average molecular weight is 372 g/mol. The molecule has 23 heavy (non-hydrogen) atoms. The van der Waals surface area contributed by atoms with Crippen LogP contribution >= 0.6 is 0 Å². The van der Waals surface area contributed by atoms with E-state index < -0.39 is 48.5 Å². The van der Waals surface area contributed by atoms with E-state index in [0.29, 0.717) is 12.1 Å². The molecule has 0 heterocycles. The van der Waals surface area contributed by atoms with E-state index in [1.807, 2.05) is 0 Å². The number of carbonyl (C=O) groups excluding carboxylic acids is 1. The topological polar surface area (TPSA) is 104 Å². The van der Waals surface area contributed by atoms with Gasteiger partial charge in [-0.3, -0.25) is 0 Å². The van der Waals surface area contributed by atoms with E-state index in [1.54, 1.807) is 0 Å². The Morgan fingerprint density at radius 3 is 2.00 bits per heavy atom. The van der Waals surface area contributed by atoms with Gasteiger partial charge >= 0.3 is 26.7 Å². The van der Waals surface area contributed by atoms with Crippen LogP contribution in [0.15, 0.2) is 17.0 Å². The van der Waals surface area contributed by atoms with Gasteiger partial charge in [-0.1, -0.05) is 3.89 Å². The number of carbonyl (C=O) groups is 1. The Balaban J connectivity index is 3.57. The summed E-state index contributed by atoms with van der Waals surface area (Å²) in [4.78, 5) is 11.0. The maximum Gasteiger partial charge on any atom is 0.488 e. The first-order valence-electron chi connectivity index (χ1n) is 6.07. The molecule has 0 amide bonds. The predicted molar refractivity (Wildman–Crippen MR) is 75.3 cm³/mol. The Bertz CT molecular complexity index is 837. The van der Waals surface area contributed by atoms with Gasteiger partial charge in [0.05, 0.1) is 5.56 Å². The van der Waals surface area contributed by atoms with Crippen molar-refractivity contribution in [2.24, 2.45) is 0 Å². The summed E-state index contributed by atoms with van der Waals surface area (Å²) in [6, 6.07) is 1.10. The summed E-state index contributed by atoms with van der Waals surface area (Å²) in [6.45, 7) is 5.74. The second-order valence-electron chi connectivity index (χ2n) is 5.51. The molecule has 0 spiro atoms. The molecular formula is C12H14F2O7S2. The minimum absolute atomic E-state index is 0.229. The first-order valence-corrected chi connectivity index (χ1v) is 8.76. The molecule has 0 unspecified atom stereocenters. The summed E-state index contributed by atoms with van der Waals surface area (Å²) in [5.41, 5.74) is -1.66. The van der Waals surface area contributed by atoms with Crippen LogP contribution in [0.25, 0.3) is 0 Å². The van der Waals surface area contributed by atoms with E-state index in [2.05, 4.69) is 4.18 Å². The number of esters is 1. The highest BCUT2D eigenvalue weighted by atomic mass is 32.3. The highest BCUT2D eigenvalue weighted by molar-refractivity contribution is 7.86. The van der Waals surface area contributed by atoms with Crippen molar-refractivity contribution >= 4 is 26.7 Å². The molecule has 11 heteroatoms. The standard InChI is InChI=1S/C12H14F2O7S2/c1-7-9(11(15)20-12(2,3)4)5-8(22(13,16)17)6-10(7)21-23(14,18)19/h5-6H,1-4H3. The monoisotopic (exact) mass is 372 g/mol. The molecule has 0 fully saturated rings. The molecule has 7 nitrogen and oxygen atoms in total. The summed E-state index contributed by atoms with van der Waals surface area (Å²) in [5.74, 6) is -1.89. The Kier molecular flexibility index (Phi) is 5.07. The summed E-state index contributed by atoms with van der Waals surface area (Å²) in [6.07, 6.45) is 0. The zero-order chi connectivity index (χ0) is 18.2. The van der Waals surface area contributed by atoms with E-state index in [-0.39, 0.29) is 5.56 Å². The maximum absolute atomic E-state index is 13.2. The number of halogens is 2. The van der Waals surface area contributed by atoms with Crippen molar-refractivity contribution in [2.75, 3.05) is 0 Å². The smallest absolute Gasteiger partial charge is 0.456 e. The molecular weight excluding hydrogens is 358 g/mol. The van der Waals surface area contributed by atoms with Crippen LogP contribution in [0.4, 0.5) is 7.77 Å².